The molecule has 0 spiro atoms. The van der Waals surface area contributed by atoms with Crippen LogP contribution < -0.4 is 4.74 Å². The quantitative estimate of drug-likeness (QED) is 0.513. The van der Waals surface area contributed by atoms with Gasteiger partial charge in [0.15, 0.2) is 0 Å². The van der Waals surface area contributed by atoms with Gasteiger partial charge in [-0.2, -0.15) is 0 Å². The summed E-state index contributed by atoms with van der Waals surface area (Å²) in [6.07, 6.45) is 4.05. The zero-order chi connectivity index (χ0) is 21.0. The summed E-state index contributed by atoms with van der Waals surface area (Å²) in [6.45, 7) is 2.82. The Hall–Kier alpha value is -3.49. The van der Waals surface area contributed by atoms with Crippen LogP contribution in [0.25, 0.3) is 0 Å². The standard InChI is InChI=1S/C20H21N3O6/c1-2-15-5-3-4-10-21(15)20(24)14-6-8-18(9-7-14)29-19-12-16(22(25)26)11-17(13-19)23(27)28/h6-9,11-13,15H,2-5,10H2,1H3. The third-order valence-corrected chi connectivity index (χ3v) is 4.99. The van der Waals surface area contributed by atoms with E-state index in [2.05, 4.69) is 6.92 Å². The minimum atomic E-state index is -0.718. The molecule has 0 bridgehead atoms. The summed E-state index contributed by atoms with van der Waals surface area (Å²) in [5, 5.41) is 22.0. The predicted octanol–water partition coefficient (Wildman–Crippen LogP) is 4.70. The van der Waals surface area contributed by atoms with Crippen molar-refractivity contribution >= 4 is 17.3 Å². The Bertz CT molecular complexity index is 896. The summed E-state index contributed by atoms with van der Waals surface area (Å²) in [6, 6.07) is 9.76. The molecule has 2 aromatic rings. The van der Waals surface area contributed by atoms with Gasteiger partial charge in [-0.25, -0.2) is 0 Å². The van der Waals surface area contributed by atoms with E-state index in [1.807, 2.05) is 4.90 Å². The van der Waals surface area contributed by atoms with E-state index < -0.39 is 21.2 Å². The zero-order valence-corrected chi connectivity index (χ0v) is 15.9. The van der Waals surface area contributed by atoms with Crippen LogP contribution in [0, 0.1) is 20.2 Å². The predicted molar refractivity (Wildman–Crippen MR) is 105 cm³/mol. The number of carbonyl (C=O) groups excluding carboxylic acids is 1. The smallest absolute Gasteiger partial charge is 0.280 e. The molecule has 9 heteroatoms. The van der Waals surface area contributed by atoms with Crippen LogP contribution in [-0.2, 0) is 0 Å². The van der Waals surface area contributed by atoms with Crippen LogP contribution in [0.15, 0.2) is 42.5 Å². The maximum Gasteiger partial charge on any atom is 0.280 e. The zero-order valence-electron chi connectivity index (χ0n) is 15.9. The van der Waals surface area contributed by atoms with Gasteiger partial charge in [0.2, 0.25) is 0 Å². The molecule has 0 aromatic heterocycles. The van der Waals surface area contributed by atoms with Crippen molar-refractivity contribution in [3.8, 4) is 11.5 Å². The fourth-order valence-electron chi connectivity index (χ4n) is 3.50. The van der Waals surface area contributed by atoms with E-state index >= 15 is 0 Å². The number of benzene rings is 2. The second kappa shape index (κ2) is 8.68. The van der Waals surface area contributed by atoms with Crippen LogP contribution in [0.1, 0.15) is 43.0 Å². The lowest BCUT2D eigenvalue weighted by Crippen LogP contribution is -2.43. The largest absolute Gasteiger partial charge is 0.457 e. The Balaban J connectivity index is 1.78. The summed E-state index contributed by atoms with van der Waals surface area (Å²) in [5.74, 6) is 0.267. The fraction of sp³-hybridized carbons (Fsp3) is 0.350. The van der Waals surface area contributed by atoms with E-state index in [0.29, 0.717) is 11.3 Å². The molecule has 1 amide bonds. The Morgan fingerprint density at radius 2 is 1.66 bits per heavy atom. The topological polar surface area (TPSA) is 116 Å². The first-order chi connectivity index (χ1) is 13.9. The van der Waals surface area contributed by atoms with Gasteiger partial charge in [-0.1, -0.05) is 6.92 Å². The molecule has 1 atom stereocenters. The van der Waals surface area contributed by atoms with Crippen molar-refractivity contribution in [3.63, 3.8) is 0 Å². The van der Waals surface area contributed by atoms with Gasteiger partial charge in [0.1, 0.15) is 11.5 Å². The van der Waals surface area contributed by atoms with Crippen molar-refractivity contribution in [1.82, 2.24) is 4.90 Å². The molecule has 152 valence electrons. The Morgan fingerprint density at radius 1 is 1.03 bits per heavy atom. The second-order valence-electron chi connectivity index (χ2n) is 6.88. The van der Waals surface area contributed by atoms with E-state index in [1.165, 1.54) is 0 Å². The molecule has 1 aliphatic rings. The van der Waals surface area contributed by atoms with Crippen LogP contribution in [0.3, 0.4) is 0 Å². The number of hydrogen-bond acceptors (Lipinski definition) is 6. The third kappa shape index (κ3) is 4.68. The van der Waals surface area contributed by atoms with Gasteiger partial charge in [0, 0.05) is 18.2 Å². The van der Waals surface area contributed by atoms with E-state index in [9.17, 15) is 25.0 Å². The number of nitro groups is 2. The van der Waals surface area contributed by atoms with Gasteiger partial charge in [0.25, 0.3) is 17.3 Å². The monoisotopic (exact) mass is 399 g/mol. The Morgan fingerprint density at radius 3 is 2.21 bits per heavy atom. The fourth-order valence-corrected chi connectivity index (χ4v) is 3.50. The third-order valence-electron chi connectivity index (χ3n) is 4.99. The lowest BCUT2D eigenvalue weighted by Gasteiger charge is -2.35. The molecule has 1 heterocycles. The molecule has 2 aromatic carbocycles. The number of rotatable bonds is 6. The minimum Gasteiger partial charge on any atom is -0.457 e. The van der Waals surface area contributed by atoms with Gasteiger partial charge in [0.05, 0.1) is 28.0 Å². The summed E-state index contributed by atoms with van der Waals surface area (Å²) in [7, 11) is 0. The molecule has 0 radical (unpaired) electrons. The molecular formula is C20H21N3O6. The molecule has 0 N–H and O–H groups in total. The number of nitrogens with zero attached hydrogens (tertiary/aromatic N) is 3. The van der Waals surface area contributed by atoms with Gasteiger partial charge in [-0.05, 0) is 49.9 Å². The lowest BCUT2D eigenvalue weighted by atomic mass is 9.99. The molecule has 1 fully saturated rings. The van der Waals surface area contributed by atoms with Crippen molar-refractivity contribution in [2.24, 2.45) is 0 Å². The average Bonchev–Trinajstić information content (AvgIpc) is 2.73. The summed E-state index contributed by atoms with van der Waals surface area (Å²) >= 11 is 0. The van der Waals surface area contributed by atoms with Gasteiger partial charge in [-0.3, -0.25) is 25.0 Å². The van der Waals surface area contributed by atoms with Gasteiger partial charge >= 0.3 is 0 Å². The highest BCUT2D eigenvalue weighted by atomic mass is 16.6. The number of piperidine rings is 1. The van der Waals surface area contributed by atoms with Crippen molar-refractivity contribution in [3.05, 3.63) is 68.3 Å². The van der Waals surface area contributed by atoms with Crippen LogP contribution in [0.4, 0.5) is 11.4 Å². The maximum atomic E-state index is 12.8. The first-order valence-corrected chi connectivity index (χ1v) is 9.41. The summed E-state index contributed by atoms with van der Waals surface area (Å²) in [5.41, 5.74) is -0.337. The molecule has 1 saturated heterocycles. The van der Waals surface area contributed by atoms with E-state index in [0.717, 1.165) is 50.4 Å². The molecule has 1 unspecified atom stereocenters. The second-order valence-corrected chi connectivity index (χ2v) is 6.88. The minimum absolute atomic E-state index is 0.0212. The SMILES string of the molecule is CCC1CCCCN1C(=O)c1ccc(Oc2cc([N+](=O)[O-])cc([N+](=O)[O-])c2)cc1. The number of hydrogen-bond donors (Lipinski definition) is 0. The summed E-state index contributed by atoms with van der Waals surface area (Å²) < 4.78 is 5.55. The number of nitro benzene ring substituents is 2. The van der Waals surface area contributed by atoms with Crippen LogP contribution in [0.5, 0.6) is 11.5 Å². The van der Waals surface area contributed by atoms with Gasteiger partial charge < -0.3 is 9.64 Å². The Kier molecular flexibility index (Phi) is 6.06. The molecule has 29 heavy (non-hydrogen) atoms. The molecule has 1 aliphatic heterocycles. The van der Waals surface area contributed by atoms with E-state index in [4.69, 9.17) is 4.74 Å². The number of amides is 1. The van der Waals surface area contributed by atoms with Crippen LogP contribution in [-0.4, -0.2) is 33.2 Å². The number of likely N-dealkylation sites (tertiary alicyclic amines) is 1. The van der Waals surface area contributed by atoms with Gasteiger partial charge in [-0.15, -0.1) is 0 Å². The van der Waals surface area contributed by atoms with E-state index in [-0.39, 0.29) is 17.7 Å². The Labute approximate surface area is 167 Å². The first kappa shape index (κ1) is 20.2. The van der Waals surface area contributed by atoms with Crippen molar-refractivity contribution in [1.29, 1.82) is 0 Å². The number of non-ortho nitro benzene ring substituents is 2. The highest BCUT2D eigenvalue weighted by Gasteiger charge is 2.26. The molecular weight excluding hydrogens is 378 g/mol. The number of ether oxygens (including phenoxy) is 1. The van der Waals surface area contributed by atoms with Crippen molar-refractivity contribution in [2.45, 2.75) is 38.6 Å². The van der Waals surface area contributed by atoms with Crippen molar-refractivity contribution < 1.29 is 19.4 Å². The average molecular weight is 399 g/mol. The maximum absolute atomic E-state index is 12.8. The van der Waals surface area contributed by atoms with Crippen LogP contribution in [0.2, 0.25) is 0 Å². The molecule has 3 rings (SSSR count). The first-order valence-electron chi connectivity index (χ1n) is 9.41. The lowest BCUT2D eigenvalue weighted by molar-refractivity contribution is -0.394. The number of carbonyl (C=O) groups is 1. The normalized spacial score (nSPS) is 16.3. The highest BCUT2D eigenvalue weighted by molar-refractivity contribution is 5.94. The highest BCUT2D eigenvalue weighted by Crippen LogP contribution is 2.31. The van der Waals surface area contributed by atoms with Crippen molar-refractivity contribution in [2.75, 3.05) is 6.54 Å². The van der Waals surface area contributed by atoms with Crippen LogP contribution >= 0.6 is 0 Å². The van der Waals surface area contributed by atoms with E-state index in [1.54, 1.807) is 24.3 Å². The molecule has 9 nitrogen and oxygen atoms in total. The summed E-state index contributed by atoms with van der Waals surface area (Å²) in [4.78, 5) is 35.3. The molecule has 0 aliphatic carbocycles. The molecule has 0 saturated carbocycles.